The van der Waals surface area contributed by atoms with Crippen LogP contribution >= 0.6 is 15.9 Å². The van der Waals surface area contributed by atoms with Crippen LogP contribution in [-0.2, 0) is 11.2 Å². The third-order valence-electron chi connectivity index (χ3n) is 2.47. The molecule has 0 bridgehead atoms. The van der Waals surface area contributed by atoms with E-state index in [1.165, 1.54) is 12.1 Å². The van der Waals surface area contributed by atoms with Crippen LogP contribution in [-0.4, -0.2) is 5.78 Å². The lowest BCUT2D eigenvalue weighted by Gasteiger charge is -2.11. The summed E-state index contributed by atoms with van der Waals surface area (Å²) in [6, 6.07) is 4.75. The van der Waals surface area contributed by atoms with Gasteiger partial charge in [-0.1, -0.05) is 22.9 Å². The third kappa shape index (κ3) is 3.74. The van der Waals surface area contributed by atoms with Crippen molar-refractivity contribution in [1.82, 2.24) is 0 Å². The number of benzene rings is 1. The zero-order chi connectivity index (χ0) is 11.4. The van der Waals surface area contributed by atoms with Crippen LogP contribution in [0.2, 0.25) is 0 Å². The Kier molecular flexibility index (Phi) is 4.45. The molecule has 3 heteroatoms. The Hall–Kier alpha value is -0.700. The Morgan fingerprint density at radius 3 is 2.60 bits per heavy atom. The quantitative estimate of drug-likeness (QED) is 0.816. The van der Waals surface area contributed by atoms with Gasteiger partial charge in [-0.25, -0.2) is 4.39 Å². The van der Waals surface area contributed by atoms with Crippen molar-refractivity contribution in [3.63, 3.8) is 0 Å². The van der Waals surface area contributed by atoms with Crippen molar-refractivity contribution in [3.05, 3.63) is 34.1 Å². The normalized spacial score (nSPS) is 12.5. The molecule has 0 aliphatic heterocycles. The number of ketones is 1. The topological polar surface area (TPSA) is 17.1 Å². The molecule has 82 valence electrons. The van der Waals surface area contributed by atoms with Crippen LogP contribution in [0.25, 0.3) is 0 Å². The highest BCUT2D eigenvalue weighted by Gasteiger charge is 2.13. The van der Waals surface area contributed by atoms with E-state index >= 15 is 0 Å². The van der Waals surface area contributed by atoms with Crippen molar-refractivity contribution >= 4 is 21.7 Å². The van der Waals surface area contributed by atoms with Gasteiger partial charge in [-0.05, 0) is 43.5 Å². The van der Waals surface area contributed by atoms with Crippen LogP contribution < -0.4 is 0 Å². The fourth-order valence-electron chi connectivity index (χ4n) is 1.59. The predicted octanol–water partition coefficient (Wildman–Crippen LogP) is 3.75. The molecule has 0 amide bonds. The number of hydrogen-bond acceptors (Lipinski definition) is 1. The number of Topliss-reactive ketones (excluding diaryl/α,β-unsaturated/α-hetero) is 1. The van der Waals surface area contributed by atoms with Gasteiger partial charge in [-0.2, -0.15) is 0 Å². The molecule has 1 aromatic carbocycles. The average Bonchev–Trinajstić information content (AvgIpc) is 2.12. The monoisotopic (exact) mass is 272 g/mol. The summed E-state index contributed by atoms with van der Waals surface area (Å²) in [6.07, 6.45) is 1.41. The van der Waals surface area contributed by atoms with Crippen molar-refractivity contribution in [2.45, 2.75) is 26.7 Å². The van der Waals surface area contributed by atoms with Crippen molar-refractivity contribution < 1.29 is 9.18 Å². The lowest BCUT2D eigenvalue weighted by molar-refractivity contribution is -0.120. The molecule has 0 aliphatic carbocycles. The molecule has 0 fully saturated rings. The lowest BCUT2D eigenvalue weighted by Crippen LogP contribution is -2.12. The van der Waals surface area contributed by atoms with E-state index in [4.69, 9.17) is 0 Å². The molecule has 0 N–H and O–H groups in total. The highest BCUT2D eigenvalue weighted by molar-refractivity contribution is 9.10. The van der Waals surface area contributed by atoms with Crippen molar-refractivity contribution in [1.29, 1.82) is 0 Å². The van der Waals surface area contributed by atoms with Crippen molar-refractivity contribution in [2.24, 2.45) is 5.92 Å². The van der Waals surface area contributed by atoms with Crippen LogP contribution in [0.1, 0.15) is 25.8 Å². The smallest absolute Gasteiger partial charge is 0.133 e. The molecule has 0 saturated carbocycles. The molecule has 1 unspecified atom stereocenters. The molecule has 1 nitrogen and oxygen atoms in total. The molecular weight excluding hydrogens is 259 g/mol. The molecule has 0 radical (unpaired) electrons. The first-order valence-electron chi connectivity index (χ1n) is 4.98. The lowest BCUT2D eigenvalue weighted by atomic mass is 9.94. The Balaban J connectivity index is 2.83. The summed E-state index contributed by atoms with van der Waals surface area (Å²) in [6.45, 7) is 3.56. The average molecular weight is 273 g/mol. The van der Waals surface area contributed by atoms with Gasteiger partial charge in [0.05, 0.1) is 0 Å². The van der Waals surface area contributed by atoms with Gasteiger partial charge in [0, 0.05) is 10.4 Å². The van der Waals surface area contributed by atoms with Crippen molar-refractivity contribution in [3.8, 4) is 0 Å². The SMILES string of the molecule is CCC(Cc1cc(F)cc(Br)c1)C(C)=O. The van der Waals surface area contributed by atoms with Gasteiger partial charge < -0.3 is 0 Å². The summed E-state index contributed by atoms with van der Waals surface area (Å²) >= 11 is 3.24. The first-order chi connectivity index (χ1) is 7.02. The summed E-state index contributed by atoms with van der Waals surface area (Å²) in [4.78, 5) is 11.2. The van der Waals surface area contributed by atoms with Gasteiger partial charge >= 0.3 is 0 Å². The minimum atomic E-state index is -0.266. The molecule has 0 aliphatic rings. The second-order valence-corrected chi connectivity index (χ2v) is 4.61. The maximum atomic E-state index is 13.1. The molecule has 1 atom stereocenters. The van der Waals surface area contributed by atoms with Crippen LogP contribution in [0, 0.1) is 11.7 Å². The van der Waals surface area contributed by atoms with Gasteiger partial charge in [0.15, 0.2) is 0 Å². The molecule has 0 spiro atoms. The number of hydrogen-bond donors (Lipinski definition) is 0. The summed E-state index contributed by atoms with van der Waals surface area (Å²) in [5.74, 6) is -0.102. The summed E-state index contributed by atoms with van der Waals surface area (Å²) < 4.78 is 13.8. The third-order valence-corrected chi connectivity index (χ3v) is 2.93. The van der Waals surface area contributed by atoms with E-state index < -0.39 is 0 Å². The Morgan fingerprint density at radius 2 is 2.13 bits per heavy atom. The summed E-state index contributed by atoms with van der Waals surface area (Å²) in [5, 5.41) is 0. The largest absolute Gasteiger partial charge is 0.300 e. The standard InChI is InChI=1S/C12H14BrFO/c1-3-10(8(2)15)4-9-5-11(13)7-12(14)6-9/h5-7,10H,3-4H2,1-2H3. The molecule has 15 heavy (non-hydrogen) atoms. The van der Waals surface area contributed by atoms with E-state index in [9.17, 15) is 9.18 Å². The zero-order valence-electron chi connectivity index (χ0n) is 8.89. The highest BCUT2D eigenvalue weighted by Crippen LogP contribution is 2.19. The minimum Gasteiger partial charge on any atom is -0.300 e. The maximum absolute atomic E-state index is 13.1. The van der Waals surface area contributed by atoms with E-state index in [-0.39, 0.29) is 17.5 Å². The van der Waals surface area contributed by atoms with E-state index in [0.717, 1.165) is 16.5 Å². The van der Waals surface area contributed by atoms with Crippen LogP contribution in [0.3, 0.4) is 0 Å². The molecule has 1 rings (SSSR count). The minimum absolute atomic E-state index is 0.00120. The molecular formula is C12H14BrFO. The summed E-state index contributed by atoms with van der Waals surface area (Å²) in [7, 11) is 0. The van der Waals surface area contributed by atoms with Crippen LogP contribution in [0.15, 0.2) is 22.7 Å². The van der Waals surface area contributed by atoms with E-state index in [1.807, 2.05) is 13.0 Å². The van der Waals surface area contributed by atoms with Crippen LogP contribution in [0.5, 0.6) is 0 Å². The first kappa shape index (κ1) is 12.4. The summed E-state index contributed by atoms with van der Waals surface area (Å²) in [5.41, 5.74) is 0.865. The Labute approximate surface area is 97.8 Å². The zero-order valence-corrected chi connectivity index (χ0v) is 10.5. The first-order valence-corrected chi connectivity index (χ1v) is 5.77. The van der Waals surface area contributed by atoms with Gasteiger partial charge in [-0.15, -0.1) is 0 Å². The fourth-order valence-corrected chi connectivity index (χ4v) is 2.10. The molecule has 0 aromatic heterocycles. The van der Waals surface area contributed by atoms with Gasteiger partial charge in [-0.3, -0.25) is 4.79 Å². The van der Waals surface area contributed by atoms with Gasteiger partial charge in [0.2, 0.25) is 0 Å². The number of carbonyl (C=O) groups is 1. The second-order valence-electron chi connectivity index (χ2n) is 3.70. The van der Waals surface area contributed by atoms with Gasteiger partial charge in [0.25, 0.3) is 0 Å². The molecule has 0 saturated heterocycles. The number of halogens is 2. The highest BCUT2D eigenvalue weighted by atomic mass is 79.9. The molecule has 0 heterocycles. The van der Waals surface area contributed by atoms with E-state index in [0.29, 0.717) is 6.42 Å². The Morgan fingerprint density at radius 1 is 1.47 bits per heavy atom. The van der Waals surface area contributed by atoms with Crippen molar-refractivity contribution in [2.75, 3.05) is 0 Å². The number of rotatable bonds is 4. The van der Waals surface area contributed by atoms with Gasteiger partial charge in [0.1, 0.15) is 11.6 Å². The predicted molar refractivity (Wildman–Crippen MR) is 62.3 cm³/mol. The fraction of sp³-hybridized carbons (Fsp3) is 0.417. The van der Waals surface area contributed by atoms with E-state index in [2.05, 4.69) is 15.9 Å². The Bertz CT molecular complexity index is 342. The number of carbonyl (C=O) groups excluding carboxylic acids is 1. The molecule has 1 aromatic rings. The second kappa shape index (κ2) is 5.40. The van der Waals surface area contributed by atoms with E-state index in [1.54, 1.807) is 6.92 Å². The maximum Gasteiger partial charge on any atom is 0.133 e. The van der Waals surface area contributed by atoms with Crippen LogP contribution in [0.4, 0.5) is 4.39 Å².